The van der Waals surface area contributed by atoms with Crippen molar-refractivity contribution in [2.24, 2.45) is 5.92 Å². The molecule has 0 aliphatic carbocycles. The summed E-state index contributed by atoms with van der Waals surface area (Å²) in [6, 6.07) is 4.19. The van der Waals surface area contributed by atoms with Gasteiger partial charge in [-0.25, -0.2) is 8.78 Å². The Morgan fingerprint density at radius 2 is 1.94 bits per heavy atom. The first-order chi connectivity index (χ1) is 8.65. The molecule has 18 heavy (non-hydrogen) atoms. The quantitative estimate of drug-likeness (QED) is 0.884. The Morgan fingerprint density at radius 1 is 1.22 bits per heavy atom. The lowest BCUT2D eigenvalue weighted by atomic mass is 10.00. The molecule has 0 radical (unpaired) electrons. The minimum Gasteiger partial charge on any atom is -0.314 e. The van der Waals surface area contributed by atoms with E-state index in [0.29, 0.717) is 5.92 Å². The van der Waals surface area contributed by atoms with Gasteiger partial charge in [0.05, 0.1) is 0 Å². The van der Waals surface area contributed by atoms with Gasteiger partial charge >= 0.3 is 0 Å². The molecule has 1 N–H and O–H groups in total. The Morgan fingerprint density at radius 3 is 2.61 bits per heavy atom. The number of hydrogen-bond donors (Lipinski definition) is 1. The largest absolute Gasteiger partial charge is 0.314 e. The fourth-order valence-electron chi connectivity index (χ4n) is 2.47. The topological polar surface area (TPSA) is 15.3 Å². The minimum absolute atomic E-state index is 0.452. The molecule has 2 nitrogen and oxygen atoms in total. The highest BCUT2D eigenvalue weighted by atomic mass is 19.2. The summed E-state index contributed by atoms with van der Waals surface area (Å²) in [7, 11) is 0. The van der Waals surface area contributed by atoms with Crippen molar-refractivity contribution in [3.05, 3.63) is 35.4 Å². The maximum absolute atomic E-state index is 13.1. The first-order valence-electron chi connectivity index (χ1n) is 6.52. The third kappa shape index (κ3) is 3.75. The maximum Gasteiger partial charge on any atom is 0.159 e. The first kappa shape index (κ1) is 13.4. The molecule has 4 heteroatoms. The van der Waals surface area contributed by atoms with Gasteiger partial charge in [0.25, 0.3) is 0 Å². The van der Waals surface area contributed by atoms with Crippen LogP contribution in [-0.4, -0.2) is 37.6 Å². The van der Waals surface area contributed by atoms with Crippen molar-refractivity contribution < 1.29 is 8.78 Å². The molecule has 2 rings (SSSR count). The molecule has 0 aromatic heterocycles. The average Bonchev–Trinajstić information content (AvgIpc) is 2.35. The zero-order valence-corrected chi connectivity index (χ0v) is 10.8. The van der Waals surface area contributed by atoms with Crippen LogP contribution in [0.3, 0.4) is 0 Å². The Kier molecular flexibility index (Phi) is 4.66. The highest BCUT2D eigenvalue weighted by molar-refractivity contribution is 5.18. The van der Waals surface area contributed by atoms with Crippen molar-refractivity contribution in [1.29, 1.82) is 0 Å². The van der Waals surface area contributed by atoms with E-state index < -0.39 is 11.6 Å². The number of nitrogens with zero attached hydrogens (tertiary/aromatic N) is 1. The van der Waals surface area contributed by atoms with Crippen molar-refractivity contribution in [2.75, 3.05) is 32.7 Å². The zero-order valence-electron chi connectivity index (χ0n) is 10.8. The second-order valence-corrected chi connectivity index (χ2v) is 5.11. The predicted molar refractivity (Wildman–Crippen MR) is 68.5 cm³/mol. The molecular formula is C14H20F2N2. The third-order valence-electron chi connectivity index (χ3n) is 3.35. The van der Waals surface area contributed by atoms with E-state index in [-0.39, 0.29) is 0 Å². The van der Waals surface area contributed by atoms with Gasteiger partial charge in [0.1, 0.15) is 0 Å². The Bertz CT molecular complexity index is 389. The van der Waals surface area contributed by atoms with E-state index in [1.807, 2.05) is 0 Å². The van der Waals surface area contributed by atoms with E-state index in [4.69, 9.17) is 0 Å². The highest BCUT2D eigenvalue weighted by Gasteiger charge is 2.14. The molecule has 1 aromatic rings. The summed E-state index contributed by atoms with van der Waals surface area (Å²) in [4.78, 5) is 2.42. The van der Waals surface area contributed by atoms with Crippen LogP contribution in [-0.2, 0) is 6.42 Å². The zero-order chi connectivity index (χ0) is 13.0. The van der Waals surface area contributed by atoms with Crippen LogP contribution in [0.5, 0.6) is 0 Å². The SMILES string of the molecule is CC(Cc1ccc(F)c(F)c1)CN1CCNCC1. The first-order valence-corrected chi connectivity index (χ1v) is 6.52. The summed E-state index contributed by atoms with van der Waals surface area (Å²) >= 11 is 0. The van der Waals surface area contributed by atoms with Crippen molar-refractivity contribution >= 4 is 0 Å². The van der Waals surface area contributed by atoms with Crippen molar-refractivity contribution in [2.45, 2.75) is 13.3 Å². The number of rotatable bonds is 4. The van der Waals surface area contributed by atoms with E-state index >= 15 is 0 Å². The lowest BCUT2D eigenvalue weighted by Gasteiger charge is -2.29. The lowest BCUT2D eigenvalue weighted by molar-refractivity contribution is 0.211. The van der Waals surface area contributed by atoms with Gasteiger partial charge in [0.15, 0.2) is 11.6 Å². The third-order valence-corrected chi connectivity index (χ3v) is 3.35. The van der Waals surface area contributed by atoms with Crippen LogP contribution in [0.4, 0.5) is 8.78 Å². The number of nitrogens with one attached hydrogen (secondary N) is 1. The number of benzene rings is 1. The lowest BCUT2D eigenvalue weighted by Crippen LogP contribution is -2.45. The molecule has 1 aliphatic heterocycles. The summed E-state index contributed by atoms with van der Waals surface area (Å²) in [6.07, 6.45) is 0.793. The van der Waals surface area contributed by atoms with Crippen LogP contribution in [0.1, 0.15) is 12.5 Å². The molecule has 0 spiro atoms. The molecular weight excluding hydrogens is 234 g/mol. The van der Waals surface area contributed by atoms with Crippen molar-refractivity contribution in [3.63, 3.8) is 0 Å². The summed E-state index contributed by atoms with van der Waals surface area (Å²) in [5.74, 6) is -1.07. The van der Waals surface area contributed by atoms with E-state index in [0.717, 1.165) is 44.7 Å². The van der Waals surface area contributed by atoms with Crippen molar-refractivity contribution in [3.8, 4) is 0 Å². The second kappa shape index (κ2) is 6.25. The van der Waals surface area contributed by atoms with Crippen molar-refractivity contribution in [1.82, 2.24) is 10.2 Å². The molecule has 1 aromatic carbocycles. The van der Waals surface area contributed by atoms with Crippen LogP contribution >= 0.6 is 0 Å². The number of hydrogen-bond acceptors (Lipinski definition) is 2. The van der Waals surface area contributed by atoms with E-state index in [1.165, 1.54) is 12.1 Å². The molecule has 0 bridgehead atoms. The number of halogens is 2. The molecule has 1 aliphatic rings. The van der Waals surface area contributed by atoms with Gasteiger partial charge in [-0.05, 0) is 30.0 Å². The van der Waals surface area contributed by atoms with Gasteiger partial charge in [-0.3, -0.25) is 0 Å². The fraction of sp³-hybridized carbons (Fsp3) is 0.571. The van der Waals surface area contributed by atoms with Crippen LogP contribution < -0.4 is 5.32 Å². The van der Waals surface area contributed by atoms with Gasteiger partial charge in [0.2, 0.25) is 0 Å². The second-order valence-electron chi connectivity index (χ2n) is 5.11. The normalized spacial score (nSPS) is 18.8. The van der Waals surface area contributed by atoms with Gasteiger partial charge in [0, 0.05) is 32.7 Å². The Hall–Kier alpha value is -1.00. The molecule has 1 atom stereocenters. The van der Waals surface area contributed by atoms with Crippen LogP contribution in [0.15, 0.2) is 18.2 Å². The van der Waals surface area contributed by atoms with E-state index in [2.05, 4.69) is 17.1 Å². The predicted octanol–water partition coefficient (Wildman–Crippen LogP) is 2.05. The maximum atomic E-state index is 13.1. The smallest absolute Gasteiger partial charge is 0.159 e. The molecule has 100 valence electrons. The number of piperazine rings is 1. The summed E-state index contributed by atoms with van der Waals surface area (Å²) in [5, 5.41) is 3.32. The van der Waals surface area contributed by atoms with E-state index in [9.17, 15) is 8.78 Å². The highest BCUT2D eigenvalue weighted by Crippen LogP contribution is 2.14. The minimum atomic E-state index is -0.770. The summed E-state index contributed by atoms with van der Waals surface area (Å²) in [5.41, 5.74) is 0.872. The summed E-state index contributed by atoms with van der Waals surface area (Å²) in [6.45, 7) is 7.39. The van der Waals surface area contributed by atoms with Gasteiger partial charge in [-0.1, -0.05) is 13.0 Å². The van der Waals surface area contributed by atoms with Gasteiger partial charge in [-0.2, -0.15) is 0 Å². The standard InChI is InChI=1S/C14H20F2N2/c1-11(10-18-6-4-17-5-7-18)8-12-2-3-13(15)14(16)9-12/h2-3,9,11,17H,4-8,10H2,1H3. The molecule has 1 unspecified atom stereocenters. The average molecular weight is 254 g/mol. The fourth-order valence-corrected chi connectivity index (χ4v) is 2.47. The van der Waals surface area contributed by atoms with Crippen LogP contribution in [0.25, 0.3) is 0 Å². The molecule has 1 heterocycles. The monoisotopic (exact) mass is 254 g/mol. The van der Waals surface area contributed by atoms with Gasteiger partial charge < -0.3 is 10.2 Å². The van der Waals surface area contributed by atoms with Crippen LogP contribution in [0, 0.1) is 17.6 Å². The Balaban J connectivity index is 1.85. The summed E-state index contributed by atoms with van der Waals surface area (Å²) < 4.78 is 25.9. The van der Waals surface area contributed by atoms with E-state index in [1.54, 1.807) is 6.07 Å². The van der Waals surface area contributed by atoms with Crippen LogP contribution in [0.2, 0.25) is 0 Å². The Labute approximate surface area is 107 Å². The van der Waals surface area contributed by atoms with Gasteiger partial charge in [-0.15, -0.1) is 0 Å². The molecule has 1 saturated heterocycles. The molecule has 1 fully saturated rings. The molecule has 0 saturated carbocycles. The molecule has 0 amide bonds.